The summed E-state index contributed by atoms with van der Waals surface area (Å²) in [5, 5.41) is 0. The van der Waals surface area contributed by atoms with E-state index in [-0.39, 0.29) is 18.0 Å². The molecule has 13 heavy (non-hydrogen) atoms. The van der Waals surface area contributed by atoms with Gasteiger partial charge in [0.15, 0.2) is 0 Å². The number of hydrogen-bond acceptors (Lipinski definition) is 2. The first-order valence-electron chi connectivity index (χ1n) is 5.00. The summed E-state index contributed by atoms with van der Waals surface area (Å²) in [7, 11) is 0. The number of hydrogen-bond donors (Lipinski definition) is 1. The van der Waals surface area contributed by atoms with Crippen LogP contribution in [0.2, 0.25) is 0 Å². The molecule has 3 heteroatoms. The zero-order chi connectivity index (χ0) is 10.2. The molecule has 0 unspecified atom stereocenters. The van der Waals surface area contributed by atoms with Crippen LogP contribution in [0.5, 0.6) is 0 Å². The minimum Gasteiger partial charge on any atom is -0.336 e. The lowest BCUT2D eigenvalue weighted by molar-refractivity contribution is -0.137. The Morgan fingerprint density at radius 3 is 1.85 bits per heavy atom. The highest BCUT2D eigenvalue weighted by molar-refractivity contribution is 5.89. The largest absolute Gasteiger partial charge is 0.336 e. The van der Waals surface area contributed by atoms with Gasteiger partial charge in [-0.15, -0.1) is 0 Å². The number of amides is 1. The first-order valence-corrected chi connectivity index (χ1v) is 5.00. The van der Waals surface area contributed by atoms with E-state index in [4.69, 9.17) is 5.73 Å². The highest BCUT2D eigenvalue weighted by Crippen LogP contribution is 2.35. The highest BCUT2D eigenvalue weighted by atomic mass is 16.2. The molecule has 0 spiro atoms. The monoisotopic (exact) mass is 184 g/mol. The number of carbonyl (C=O) groups is 1. The lowest BCUT2D eigenvalue weighted by atomic mass is 10.1. The average molecular weight is 184 g/mol. The standard InChI is InChI=1S/C10H20N2O/c1-7(2)12(8(3)4)9(13)10(11)5-6-10/h7-8H,5-6,11H2,1-4H3. The SMILES string of the molecule is CC(C)N(C(=O)C1(N)CC1)C(C)C. The van der Waals surface area contributed by atoms with Crippen LogP contribution >= 0.6 is 0 Å². The smallest absolute Gasteiger partial charge is 0.243 e. The predicted octanol–water partition coefficient (Wildman–Crippen LogP) is 1.12. The van der Waals surface area contributed by atoms with Gasteiger partial charge in [0.1, 0.15) is 0 Å². The van der Waals surface area contributed by atoms with Gasteiger partial charge in [-0.2, -0.15) is 0 Å². The molecule has 1 aliphatic rings. The van der Waals surface area contributed by atoms with Gasteiger partial charge in [0.25, 0.3) is 0 Å². The maximum Gasteiger partial charge on any atom is 0.243 e. The van der Waals surface area contributed by atoms with Gasteiger partial charge in [-0.05, 0) is 40.5 Å². The van der Waals surface area contributed by atoms with Crippen LogP contribution in [0.15, 0.2) is 0 Å². The third-order valence-electron chi connectivity index (χ3n) is 2.56. The molecule has 1 rings (SSSR count). The average Bonchev–Trinajstić information content (AvgIpc) is 2.67. The van der Waals surface area contributed by atoms with Gasteiger partial charge in [0, 0.05) is 12.1 Å². The molecule has 0 saturated heterocycles. The van der Waals surface area contributed by atoms with Crippen molar-refractivity contribution < 1.29 is 4.79 Å². The second-order valence-electron chi connectivity index (χ2n) is 4.56. The summed E-state index contributed by atoms with van der Waals surface area (Å²) in [6.07, 6.45) is 1.70. The second kappa shape index (κ2) is 3.29. The topological polar surface area (TPSA) is 46.3 Å². The minimum atomic E-state index is -0.519. The first-order chi connectivity index (χ1) is 5.88. The van der Waals surface area contributed by atoms with E-state index in [1.165, 1.54) is 0 Å². The molecule has 3 nitrogen and oxygen atoms in total. The van der Waals surface area contributed by atoms with Crippen LogP contribution in [0, 0.1) is 0 Å². The zero-order valence-electron chi connectivity index (χ0n) is 9.00. The van der Waals surface area contributed by atoms with Crippen LogP contribution in [0.4, 0.5) is 0 Å². The van der Waals surface area contributed by atoms with Crippen molar-refractivity contribution in [2.24, 2.45) is 5.73 Å². The Morgan fingerprint density at radius 2 is 1.62 bits per heavy atom. The molecule has 2 N–H and O–H groups in total. The summed E-state index contributed by atoms with van der Waals surface area (Å²) in [6.45, 7) is 8.13. The van der Waals surface area contributed by atoms with Crippen molar-refractivity contribution in [1.29, 1.82) is 0 Å². The van der Waals surface area contributed by atoms with Crippen molar-refractivity contribution in [2.75, 3.05) is 0 Å². The second-order valence-corrected chi connectivity index (χ2v) is 4.56. The van der Waals surface area contributed by atoms with Gasteiger partial charge in [-0.25, -0.2) is 0 Å². The van der Waals surface area contributed by atoms with E-state index < -0.39 is 5.54 Å². The molecule has 1 fully saturated rings. The molecule has 1 aliphatic carbocycles. The lowest BCUT2D eigenvalue weighted by Crippen LogP contribution is -2.51. The summed E-state index contributed by atoms with van der Waals surface area (Å²) >= 11 is 0. The van der Waals surface area contributed by atoms with Crippen LogP contribution in [0.25, 0.3) is 0 Å². The molecule has 0 heterocycles. The summed E-state index contributed by atoms with van der Waals surface area (Å²) in [5.41, 5.74) is 5.36. The third-order valence-corrected chi connectivity index (χ3v) is 2.56. The number of rotatable bonds is 3. The van der Waals surface area contributed by atoms with Crippen molar-refractivity contribution >= 4 is 5.91 Å². The van der Waals surface area contributed by atoms with Gasteiger partial charge >= 0.3 is 0 Å². The Bertz CT molecular complexity index is 199. The maximum atomic E-state index is 11.9. The number of nitrogens with two attached hydrogens (primary N) is 1. The van der Waals surface area contributed by atoms with E-state index in [2.05, 4.69) is 0 Å². The molecular formula is C10H20N2O. The van der Waals surface area contributed by atoms with Gasteiger partial charge in [-0.1, -0.05) is 0 Å². The van der Waals surface area contributed by atoms with Crippen LogP contribution < -0.4 is 5.73 Å². The lowest BCUT2D eigenvalue weighted by Gasteiger charge is -2.33. The van der Waals surface area contributed by atoms with Crippen molar-refractivity contribution in [2.45, 2.75) is 58.2 Å². The molecule has 0 aromatic rings. The normalized spacial score (nSPS) is 19.3. The molecule has 0 aromatic carbocycles. The fraction of sp³-hybridized carbons (Fsp3) is 0.900. The van der Waals surface area contributed by atoms with E-state index in [1.54, 1.807) is 0 Å². The van der Waals surface area contributed by atoms with E-state index in [0.29, 0.717) is 0 Å². The Hall–Kier alpha value is -0.570. The maximum absolute atomic E-state index is 11.9. The van der Waals surface area contributed by atoms with Crippen LogP contribution in [0.3, 0.4) is 0 Å². The van der Waals surface area contributed by atoms with Crippen molar-refractivity contribution in [3.8, 4) is 0 Å². The number of carbonyl (C=O) groups excluding carboxylic acids is 1. The van der Waals surface area contributed by atoms with Gasteiger partial charge in [-0.3, -0.25) is 4.79 Å². The van der Waals surface area contributed by atoms with Crippen molar-refractivity contribution in [3.05, 3.63) is 0 Å². The summed E-state index contributed by atoms with van der Waals surface area (Å²) < 4.78 is 0. The van der Waals surface area contributed by atoms with E-state index in [1.807, 2.05) is 32.6 Å². The Kier molecular flexibility index (Phi) is 2.66. The third kappa shape index (κ3) is 2.02. The molecule has 0 aromatic heterocycles. The fourth-order valence-corrected chi connectivity index (χ4v) is 1.67. The predicted molar refractivity (Wildman–Crippen MR) is 53.3 cm³/mol. The summed E-state index contributed by atoms with van der Waals surface area (Å²) in [6, 6.07) is 0.488. The highest BCUT2D eigenvalue weighted by Gasteiger charge is 2.48. The van der Waals surface area contributed by atoms with Crippen LogP contribution in [-0.2, 0) is 4.79 Å². The van der Waals surface area contributed by atoms with Gasteiger partial charge in [0.05, 0.1) is 5.54 Å². The molecule has 0 aliphatic heterocycles. The molecule has 1 amide bonds. The van der Waals surface area contributed by atoms with Crippen molar-refractivity contribution in [3.63, 3.8) is 0 Å². The van der Waals surface area contributed by atoms with Gasteiger partial charge < -0.3 is 10.6 Å². The van der Waals surface area contributed by atoms with E-state index in [9.17, 15) is 4.79 Å². The minimum absolute atomic E-state index is 0.123. The summed E-state index contributed by atoms with van der Waals surface area (Å²) in [5.74, 6) is 0.123. The zero-order valence-corrected chi connectivity index (χ0v) is 9.00. The van der Waals surface area contributed by atoms with Crippen LogP contribution in [-0.4, -0.2) is 28.4 Å². The Balaban J connectivity index is 2.70. The van der Waals surface area contributed by atoms with Crippen molar-refractivity contribution in [1.82, 2.24) is 4.90 Å². The Labute approximate surface area is 80.3 Å². The summed E-state index contributed by atoms with van der Waals surface area (Å²) in [4.78, 5) is 13.8. The molecular weight excluding hydrogens is 164 g/mol. The Morgan fingerprint density at radius 1 is 1.23 bits per heavy atom. The van der Waals surface area contributed by atoms with E-state index >= 15 is 0 Å². The fourth-order valence-electron chi connectivity index (χ4n) is 1.67. The number of nitrogens with zero attached hydrogens (tertiary/aromatic N) is 1. The first kappa shape index (κ1) is 10.5. The molecule has 0 atom stereocenters. The van der Waals surface area contributed by atoms with Crippen LogP contribution in [0.1, 0.15) is 40.5 Å². The molecule has 0 radical (unpaired) electrons. The van der Waals surface area contributed by atoms with E-state index in [0.717, 1.165) is 12.8 Å². The molecule has 1 saturated carbocycles. The molecule has 76 valence electrons. The molecule has 0 bridgehead atoms. The van der Waals surface area contributed by atoms with Gasteiger partial charge in [0.2, 0.25) is 5.91 Å². The quantitative estimate of drug-likeness (QED) is 0.714.